The molecule has 0 atom stereocenters. The van der Waals surface area contributed by atoms with Crippen LogP contribution in [-0.4, -0.2) is 38.0 Å². The summed E-state index contributed by atoms with van der Waals surface area (Å²) in [6.07, 6.45) is 0. The molecule has 19 heavy (non-hydrogen) atoms. The predicted molar refractivity (Wildman–Crippen MR) is 67.9 cm³/mol. The third-order valence-corrected chi connectivity index (χ3v) is 2.10. The molecule has 0 bridgehead atoms. The standard InChI is InChI=1S/C11H15N3O5/c1-18-6-7-19-8-12-11(15)13-9-2-4-10(5-3-9)14(16)17/h2-5H,6-8H2,1H3,(H2,12,13,15). The number of urea groups is 1. The molecule has 1 rings (SSSR count). The third kappa shape index (κ3) is 5.80. The zero-order valence-electron chi connectivity index (χ0n) is 10.4. The number of anilines is 1. The molecule has 0 aromatic heterocycles. The number of hydrogen-bond acceptors (Lipinski definition) is 5. The van der Waals surface area contributed by atoms with Crippen molar-refractivity contribution in [2.75, 3.05) is 32.4 Å². The summed E-state index contributed by atoms with van der Waals surface area (Å²) in [6.45, 7) is 0.891. The van der Waals surface area contributed by atoms with E-state index in [1.807, 2.05) is 0 Å². The second kappa shape index (κ2) is 8.01. The molecule has 104 valence electrons. The fourth-order valence-electron chi connectivity index (χ4n) is 1.17. The Labute approximate surface area is 109 Å². The van der Waals surface area contributed by atoms with Crippen molar-refractivity contribution in [1.29, 1.82) is 0 Å². The van der Waals surface area contributed by atoms with Gasteiger partial charge in [-0.05, 0) is 12.1 Å². The number of amides is 2. The van der Waals surface area contributed by atoms with Crippen LogP contribution in [0.2, 0.25) is 0 Å². The molecule has 1 aromatic rings. The van der Waals surface area contributed by atoms with Crippen molar-refractivity contribution < 1.29 is 19.2 Å². The van der Waals surface area contributed by atoms with Crippen LogP contribution in [0.5, 0.6) is 0 Å². The van der Waals surface area contributed by atoms with E-state index in [0.29, 0.717) is 18.9 Å². The predicted octanol–water partition coefficient (Wildman–Crippen LogP) is 1.34. The molecule has 2 N–H and O–H groups in total. The molecule has 0 unspecified atom stereocenters. The van der Waals surface area contributed by atoms with Crippen molar-refractivity contribution in [3.63, 3.8) is 0 Å². The summed E-state index contributed by atoms with van der Waals surface area (Å²) >= 11 is 0. The lowest BCUT2D eigenvalue weighted by atomic mass is 10.3. The van der Waals surface area contributed by atoms with E-state index < -0.39 is 11.0 Å². The molecule has 1 aromatic carbocycles. The first kappa shape index (κ1) is 14.9. The first-order valence-electron chi connectivity index (χ1n) is 5.49. The van der Waals surface area contributed by atoms with Gasteiger partial charge < -0.3 is 20.1 Å². The van der Waals surface area contributed by atoms with Crippen molar-refractivity contribution >= 4 is 17.4 Å². The molecule has 0 heterocycles. The highest BCUT2D eigenvalue weighted by molar-refractivity contribution is 5.89. The SMILES string of the molecule is COCCOCNC(=O)Nc1ccc([N+](=O)[O-])cc1. The topological polar surface area (TPSA) is 103 Å². The summed E-state index contributed by atoms with van der Waals surface area (Å²) in [4.78, 5) is 21.3. The number of nitrogens with one attached hydrogen (secondary N) is 2. The first-order chi connectivity index (χ1) is 9.13. The van der Waals surface area contributed by atoms with Gasteiger partial charge in [-0.25, -0.2) is 4.79 Å². The lowest BCUT2D eigenvalue weighted by Crippen LogP contribution is -2.31. The normalized spacial score (nSPS) is 9.95. The summed E-state index contributed by atoms with van der Waals surface area (Å²) in [7, 11) is 1.55. The van der Waals surface area contributed by atoms with E-state index in [2.05, 4.69) is 10.6 Å². The Balaban J connectivity index is 2.30. The first-order valence-corrected chi connectivity index (χ1v) is 5.49. The smallest absolute Gasteiger partial charge is 0.321 e. The van der Waals surface area contributed by atoms with Crippen LogP contribution in [-0.2, 0) is 9.47 Å². The number of nitro benzene ring substituents is 1. The summed E-state index contributed by atoms with van der Waals surface area (Å²) in [6, 6.07) is 5.06. The van der Waals surface area contributed by atoms with Gasteiger partial charge in [0.1, 0.15) is 6.73 Å². The molecule has 0 aliphatic heterocycles. The molecule has 0 saturated heterocycles. The highest BCUT2D eigenvalue weighted by Crippen LogP contribution is 2.14. The Kier molecular flexibility index (Phi) is 6.27. The zero-order chi connectivity index (χ0) is 14.1. The number of nitro groups is 1. The van der Waals surface area contributed by atoms with Crippen LogP contribution >= 0.6 is 0 Å². The van der Waals surface area contributed by atoms with E-state index in [-0.39, 0.29) is 12.4 Å². The van der Waals surface area contributed by atoms with E-state index in [1.165, 1.54) is 24.3 Å². The van der Waals surface area contributed by atoms with Crippen LogP contribution in [0.25, 0.3) is 0 Å². The van der Waals surface area contributed by atoms with Crippen LogP contribution < -0.4 is 10.6 Å². The molecule has 8 nitrogen and oxygen atoms in total. The van der Waals surface area contributed by atoms with Crippen molar-refractivity contribution in [3.05, 3.63) is 34.4 Å². The lowest BCUT2D eigenvalue weighted by molar-refractivity contribution is -0.384. The van der Waals surface area contributed by atoms with Gasteiger partial charge in [0, 0.05) is 24.9 Å². The fraction of sp³-hybridized carbons (Fsp3) is 0.364. The molecule has 0 aliphatic rings. The van der Waals surface area contributed by atoms with Gasteiger partial charge in [0.2, 0.25) is 0 Å². The molecular formula is C11H15N3O5. The molecular weight excluding hydrogens is 254 g/mol. The largest absolute Gasteiger partial charge is 0.382 e. The van der Waals surface area contributed by atoms with Crippen LogP contribution in [0, 0.1) is 10.1 Å². The summed E-state index contributed by atoms with van der Waals surface area (Å²) < 4.78 is 9.81. The van der Waals surface area contributed by atoms with Crippen LogP contribution in [0.4, 0.5) is 16.2 Å². The maximum Gasteiger partial charge on any atom is 0.321 e. The third-order valence-electron chi connectivity index (χ3n) is 2.10. The number of carbonyl (C=O) groups is 1. The van der Waals surface area contributed by atoms with E-state index in [9.17, 15) is 14.9 Å². The van der Waals surface area contributed by atoms with Crippen molar-refractivity contribution in [1.82, 2.24) is 5.32 Å². The van der Waals surface area contributed by atoms with Gasteiger partial charge in [0.05, 0.1) is 18.1 Å². The van der Waals surface area contributed by atoms with Gasteiger partial charge in [0.15, 0.2) is 0 Å². The molecule has 0 aliphatic carbocycles. The maximum atomic E-state index is 11.4. The second-order valence-electron chi connectivity index (χ2n) is 3.48. The summed E-state index contributed by atoms with van der Waals surface area (Å²) in [5.41, 5.74) is 0.425. The number of hydrogen-bond donors (Lipinski definition) is 2. The second-order valence-corrected chi connectivity index (χ2v) is 3.48. The average Bonchev–Trinajstić information content (AvgIpc) is 2.39. The van der Waals surface area contributed by atoms with Crippen molar-refractivity contribution in [2.45, 2.75) is 0 Å². The summed E-state index contributed by atoms with van der Waals surface area (Å²) in [5.74, 6) is 0. The van der Waals surface area contributed by atoms with Crippen LogP contribution in [0.3, 0.4) is 0 Å². The molecule has 2 amide bonds. The Bertz CT molecular complexity index is 421. The minimum absolute atomic E-state index is 0.0335. The maximum absolute atomic E-state index is 11.4. The van der Waals surface area contributed by atoms with Gasteiger partial charge in [-0.2, -0.15) is 0 Å². The monoisotopic (exact) mass is 269 g/mol. The van der Waals surface area contributed by atoms with Crippen molar-refractivity contribution in [3.8, 4) is 0 Å². The minimum Gasteiger partial charge on any atom is -0.382 e. The lowest BCUT2D eigenvalue weighted by Gasteiger charge is -2.07. The van der Waals surface area contributed by atoms with Crippen LogP contribution in [0.1, 0.15) is 0 Å². The average molecular weight is 269 g/mol. The molecule has 0 saturated carbocycles. The Morgan fingerprint density at radius 3 is 2.58 bits per heavy atom. The fourth-order valence-corrected chi connectivity index (χ4v) is 1.17. The molecule has 8 heteroatoms. The highest BCUT2D eigenvalue weighted by atomic mass is 16.6. The van der Waals surface area contributed by atoms with E-state index in [0.717, 1.165) is 0 Å². The molecule has 0 fully saturated rings. The number of non-ortho nitro benzene ring substituents is 1. The van der Waals surface area contributed by atoms with Crippen molar-refractivity contribution in [2.24, 2.45) is 0 Å². The van der Waals surface area contributed by atoms with E-state index in [4.69, 9.17) is 9.47 Å². The van der Waals surface area contributed by atoms with Crippen LogP contribution in [0.15, 0.2) is 24.3 Å². The molecule has 0 spiro atoms. The van der Waals surface area contributed by atoms with E-state index >= 15 is 0 Å². The van der Waals surface area contributed by atoms with Gasteiger partial charge in [-0.1, -0.05) is 0 Å². The highest BCUT2D eigenvalue weighted by Gasteiger charge is 2.05. The van der Waals surface area contributed by atoms with E-state index in [1.54, 1.807) is 7.11 Å². The summed E-state index contributed by atoms with van der Waals surface area (Å²) in [5, 5.41) is 15.4. The van der Waals surface area contributed by atoms with Gasteiger partial charge >= 0.3 is 6.03 Å². The number of ether oxygens (including phenoxy) is 2. The Morgan fingerprint density at radius 1 is 1.32 bits per heavy atom. The number of nitrogens with zero attached hydrogens (tertiary/aromatic N) is 1. The Morgan fingerprint density at radius 2 is 2.00 bits per heavy atom. The quantitative estimate of drug-likeness (QED) is 0.336. The number of rotatable bonds is 7. The van der Waals surface area contributed by atoms with Gasteiger partial charge in [0.25, 0.3) is 5.69 Å². The molecule has 0 radical (unpaired) electrons. The number of methoxy groups -OCH3 is 1. The van der Waals surface area contributed by atoms with Gasteiger partial charge in [-0.3, -0.25) is 10.1 Å². The van der Waals surface area contributed by atoms with Gasteiger partial charge in [-0.15, -0.1) is 0 Å². The number of carbonyl (C=O) groups excluding carboxylic acids is 1. The Hall–Kier alpha value is -2.19. The minimum atomic E-state index is -0.506. The zero-order valence-corrected chi connectivity index (χ0v) is 10.4. The number of benzene rings is 1.